The highest BCUT2D eigenvalue weighted by Crippen LogP contribution is 2.36. The van der Waals surface area contributed by atoms with Gasteiger partial charge < -0.3 is 9.47 Å². The quantitative estimate of drug-likeness (QED) is 0.478. The number of rotatable bonds is 9. The summed E-state index contributed by atoms with van der Waals surface area (Å²) in [6.45, 7) is 3.21. The van der Waals surface area contributed by atoms with E-state index < -0.39 is 0 Å². The highest BCUT2D eigenvalue weighted by atomic mass is 32.2. The van der Waals surface area contributed by atoms with Gasteiger partial charge in [0.25, 0.3) is 0 Å². The van der Waals surface area contributed by atoms with Crippen LogP contribution < -0.4 is 0 Å². The SMILES string of the molecule is CCSCCCSCC(C1COC(=O)C1)C1COC(=O)C1. The van der Waals surface area contributed by atoms with Crippen LogP contribution in [0.2, 0.25) is 0 Å². The Morgan fingerprint density at radius 1 is 1.05 bits per heavy atom. The molecule has 2 rings (SSSR count). The van der Waals surface area contributed by atoms with Crippen molar-refractivity contribution in [3.05, 3.63) is 0 Å². The topological polar surface area (TPSA) is 52.6 Å². The number of carbonyl (C=O) groups is 2. The van der Waals surface area contributed by atoms with E-state index in [1.807, 2.05) is 23.5 Å². The molecule has 0 aromatic heterocycles. The lowest BCUT2D eigenvalue weighted by molar-refractivity contribution is -0.138. The number of thioether (sulfide) groups is 2. The number of hydrogen-bond acceptors (Lipinski definition) is 6. The first kappa shape index (κ1) is 17.0. The third kappa shape index (κ3) is 5.40. The van der Waals surface area contributed by atoms with Crippen molar-refractivity contribution >= 4 is 35.5 Å². The van der Waals surface area contributed by atoms with Crippen molar-refractivity contribution in [3.8, 4) is 0 Å². The van der Waals surface area contributed by atoms with Gasteiger partial charge in [-0.1, -0.05) is 6.92 Å². The van der Waals surface area contributed by atoms with Crippen molar-refractivity contribution in [2.24, 2.45) is 17.8 Å². The molecule has 2 unspecified atom stereocenters. The van der Waals surface area contributed by atoms with Gasteiger partial charge in [-0.05, 0) is 35.4 Å². The zero-order valence-corrected chi connectivity index (χ0v) is 14.2. The highest BCUT2D eigenvalue weighted by molar-refractivity contribution is 8.00. The van der Waals surface area contributed by atoms with Gasteiger partial charge in [-0.3, -0.25) is 9.59 Å². The Morgan fingerprint density at radius 3 is 2.10 bits per heavy atom. The third-order valence-corrected chi connectivity index (χ3v) is 6.26. The second-order valence-electron chi connectivity index (χ2n) is 5.58. The van der Waals surface area contributed by atoms with E-state index in [0.717, 1.165) is 11.5 Å². The number of esters is 2. The van der Waals surface area contributed by atoms with Gasteiger partial charge in [0, 0.05) is 11.8 Å². The van der Waals surface area contributed by atoms with Crippen LogP contribution in [0, 0.1) is 17.8 Å². The lowest BCUT2D eigenvalue weighted by atomic mass is 9.82. The summed E-state index contributed by atoms with van der Waals surface area (Å²) >= 11 is 3.92. The van der Waals surface area contributed by atoms with E-state index in [1.54, 1.807) is 0 Å². The molecule has 120 valence electrons. The van der Waals surface area contributed by atoms with Crippen molar-refractivity contribution < 1.29 is 19.1 Å². The van der Waals surface area contributed by atoms with Crippen LogP contribution in [0.4, 0.5) is 0 Å². The Morgan fingerprint density at radius 2 is 1.62 bits per heavy atom. The summed E-state index contributed by atoms with van der Waals surface area (Å²) in [7, 11) is 0. The van der Waals surface area contributed by atoms with E-state index in [-0.39, 0.29) is 23.8 Å². The van der Waals surface area contributed by atoms with Crippen LogP contribution in [-0.4, -0.2) is 48.2 Å². The van der Waals surface area contributed by atoms with Crippen LogP contribution in [0.25, 0.3) is 0 Å². The molecule has 0 N–H and O–H groups in total. The van der Waals surface area contributed by atoms with E-state index >= 15 is 0 Å². The number of cyclic esters (lactones) is 2. The average Bonchev–Trinajstić information content (AvgIpc) is 3.07. The molecule has 21 heavy (non-hydrogen) atoms. The Labute approximate surface area is 135 Å². The Balaban J connectivity index is 1.78. The molecule has 6 heteroatoms. The summed E-state index contributed by atoms with van der Waals surface area (Å²) in [5.74, 6) is 5.21. The van der Waals surface area contributed by atoms with E-state index in [4.69, 9.17) is 9.47 Å². The Kier molecular flexibility index (Phi) is 7.23. The lowest BCUT2D eigenvalue weighted by Gasteiger charge is -2.25. The maximum Gasteiger partial charge on any atom is 0.306 e. The maximum absolute atomic E-state index is 11.4. The molecule has 0 spiro atoms. The first-order valence-electron chi connectivity index (χ1n) is 7.67. The minimum Gasteiger partial charge on any atom is -0.465 e. The summed E-state index contributed by atoms with van der Waals surface area (Å²) in [6, 6.07) is 0. The zero-order chi connectivity index (χ0) is 15.1. The first-order chi connectivity index (χ1) is 10.2. The first-order valence-corrected chi connectivity index (χ1v) is 9.98. The van der Waals surface area contributed by atoms with E-state index in [2.05, 4.69) is 6.92 Å². The molecule has 2 atom stereocenters. The monoisotopic (exact) mass is 332 g/mol. The van der Waals surface area contributed by atoms with E-state index in [0.29, 0.717) is 32.0 Å². The molecule has 0 aromatic carbocycles. The van der Waals surface area contributed by atoms with Crippen molar-refractivity contribution in [2.75, 3.05) is 36.2 Å². The van der Waals surface area contributed by atoms with Gasteiger partial charge in [-0.25, -0.2) is 0 Å². The second-order valence-corrected chi connectivity index (χ2v) is 8.13. The van der Waals surface area contributed by atoms with Crippen LogP contribution >= 0.6 is 23.5 Å². The number of ether oxygens (including phenoxy) is 2. The molecule has 2 heterocycles. The molecule has 2 saturated heterocycles. The fourth-order valence-corrected chi connectivity index (χ4v) is 5.05. The number of carbonyl (C=O) groups excluding carboxylic acids is 2. The van der Waals surface area contributed by atoms with Crippen molar-refractivity contribution in [1.29, 1.82) is 0 Å². The summed E-state index contributed by atoms with van der Waals surface area (Å²) in [6.07, 6.45) is 2.22. The third-order valence-electron chi connectivity index (χ3n) is 4.08. The molecule has 0 aromatic rings. The predicted octanol–water partition coefficient (Wildman–Crippen LogP) is 2.61. The predicted molar refractivity (Wildman–Crippen MR) is 86.6 cm³/mol. The van der Waals surface area contributed by atoms with Crippen LogP contribution in [0.1, 0.15) is 26.2 Å². The van der Waals surface area contributed by atoms with Gasteiger partial charge in [0.1, 0.15) is 0 Å². The number of hydrogen-bond donors (Lipinski definition) is 0. The molecule has 0 saturated carbocycles. The highest BCUT2D eigenvalue weighted by Gasteiger charge is 2.39. The molecule has 0 radical (unpaired) electrons. The Hall–Kier alpha value is -0.360. The standard InChI is InChI=1S/C15H24O4S2/c1-2-20-4-3-5-21-10-13(11-6-14(16)18-8-11)12-7-15(17)19-9-12/h11-13H,2-10H2,1H3. The van der Waals surface area contributed by atoms with Crippen LogP contribution in [0.3, 0.4) is 0 Å². The normalized spacial score (nSPS) is 26.7. The minimum absolute atomic E-state index is 0.0976. The lowest BCUT2D eigenvalue weighted by Crippen LogP contribution is -2.27. The van der Waals surface area contributed by atoms with Gasteiger partial charge in [-0.2, -0.15) is 23.5 Å². The largest absolute Gasteiger partial charge is 0.465 e. The van der Waals surface area contributed by atoms with Gasteiger partial charge in [0.2, 0.25) is 0 Å². The second kappa shape index (κ2) is 8.93. The van der Waals surface area contributed by atoms with Crippen LogP contribution in [0.5, 0.6) is 0 Å². The molecule has 2 aliphatic rings. The fraction of sp³-hybridized carbons (Fsp3) is 0.867. The van der Waals surface area contributed by atoms with Gasteiger partial charge in [0.05, 0.1) is 26.1 Å². The zero-order valence-electron chi connectivity index (χ0n) is 12.5. The molecule has 0 aliphatic carbocycles. The van der Waals surface area contributed by atoms with Crippen molar-refractivity contribution in [2.45, 2.75) is 26.2 Å². The van der Waals surface area contributed by atoms with Gasteiger partial charge in [0.15, 0.2) is 0 Å². The van der Waals surface area contributed by atoms with Crippen molar-refractivity contribution in [1.82, 2.24) is 0 Å². The summed E-state index contributed by atoms with van der Waals surface area (Å²) in [4.78, 5) is 22.7. The van der Waals surface area contributed by atoms with Crippen LogP contribution in [0.15, 0.2) is 0 Å². The fourth-order valence-electron chi connectivity index (χ4n) is 2.90. The molecular formula is C15H24O4S2. The molecule has 0 amide bonds. The van der Waals surface area contributed by atoms with Gasteiger partial charge >= 0.3 is 11.9 Å². The molecule has 0 bridgehead atoms. The van der Waals surface area contributed by atoms with E-state index in [9.17, 15) is 9.59 Å². The molecular weight excluding hydrogens is 308 g/mol. The Bertz CT molecular complexity index is 336. The summed E-state index contributed by atoms with van der Waals surface area (Å²) < 4.78 is 10.2. The molecule has 4 nitrogen and oxygen atoms in total. The summed E-state index contributed by atoms with van der Waals surface area (Å²) in [5, 5.41) is 0. The smallest absolute Gasteiger partial charge is 0.306 e. The van der Waals surface area contributed by atoms with Gasteiger partial charge in [-0.15, -0.1) is 0 Å². The molecule has 2 aliphatic heterocycles. The van der Waals surface area contributed by atoms with Crippen LogP contribution in [-0.2, 0) is 19.1 Å². The average molecular weight is 332 g/mol. The maximum atomic E-state index is 11.4. The van der Waals surface area contributed by atoms with Crippen molar-refractivity contribution in [3.63, 3.8) is 0 Å². The summed E-state index contributed by atoms with van der Waals surface area (Å²) in [5.41, 5.74) is 0. The van der Waals surface area contributed by atoms with E-state index in [1.165, 1.54) is 17.9 Å². The minimum atomic E-state index is -0.0976. The molecule has 2 fully saturated rings.